The Morgan fingerprint density at radius 1 is 1.53 bits per heavy atom. The second-order valence-corrected chi connectivity index (χ2v) is 5.13. The summed E-state index contributed by atoms with van der Waals surface area (Å²) in [6.07, 6.45) is 0. The monoisotopic (exact) mass is 258 g/mol. The summed E-state index contributed by atoms with van der Waals surface area (Å²) < 4.78 is 4.98. The van der Waals surface area contributed by atoms with Crippen LogP contribution in [0.3, 0.4) is 0 Å². The van der Waals surface area contributed by atoms with E-state index in [0.29, 0.717) is 19.7 Å². The number of carboxylic acid groups (broad SMARTS) is 1. The lowest BCUT2D eigenvalue weighted by atomic mass is 10.3. The lowest BCUT2D eigenvalue weighted by Crippen LogP contribution is -2.32. The van der Waals surface area contributed by atoms with E-state index in [2.05, 4.69) is 4.98 Å². The van der Waals surface area contributed by atoms with E-state index in [1.165, 1.54) is 0 Å². The fourth-order valence-corrected chi connectivity index (χ4v) is 2.53. The smallest absolute Gasteiger partial charge is 0.317 e. The number of aliphatic carboxylic acids is 1. The third kappa shape index (κ3) is 4.80. The van der Waals surface area contributed by atoms with E-state index < -0.39 is 5.97 Å². The van der Waals surface area contributed by atoms with Gasteiger partial charge in [-0.3, -0.25) is 9.69 Å². The first-order valence-corrected chi connectivity index (χ1v) is 6.20. The maximum absolute atomic E-state index is 10.8. The fourth-order valence-electron chi connectivity index (χ4n) is 1.55. The van der Waals surface area contributed by atoms with E-state index in [4.69, 9.17) is 9.84 Å². The summed E-state index contributed by atoms with van der Waals surface area (Å²) >= 11 is 1.62. The molecule has 0 atom stereocenters. The second kappa shape index (κ2) is 6.68. The van der Waals surface area contributed by atoms with Gasteiger partial charge < -0.3 is 9.84 Å². The Hall–Kier alpha value is -0.980. The molecule has 17 heavy (non-hydrogen) atoms. The van der Waals surface area contributed by atoms with Crippen molar-refractivity contribution in [1.29, 1.82) is 0 Å². The van der Waals surface area contributed by atoms with Crippen LogP contribution in [-0.4, -0.2) is 47.8 Å². The number of hydrogen-bond donors (Lipinski definition) is 1. The highest BCUT2D eigenvalue weighted by molar-refractivity contribution is 7.11. The van der Waals surface area contributed by atoms with Crippen LogP contribution >= 0.6 is 11.3 Å². The van der Waals surface area contributed by atoms with Crippen molar-refractivity contribution in [3.05, 3.63) is 15.6 Å². The Morgan fingerprint density at radius 3 is 2.71 bits per heavy atom. The van der Waals surface area contributed by atoms with E-state index in [-0.39, 0.29) is 6.54 Å². The summed E-state index contributed by atoms with van der Waals surface area (Å²) in [5.41, 5.74) is 0.986. The van der Waals surface area contributed by atoms with Gasteiger partial charge >= 0.3 is 5.97 Å². The van der Waals surface area contributed by atoms with E-state index in [1.54, 1.807) is 18.4 Å². The zero-order valence-electron chi connectivity index (χ0n) is 10.4. The summed E-state index contributed by atoms with van der Waals surface area (Å²) in [6, 6.07) is 0. The van der Waals surface area contributed by atoms with Crippen molar-refractivity contribution in [2.75, 3.05) is 26.8 Å². The molecule has 0 spiro atoms. The number of aromatic nitrogens is 1. The Bertz CT molecular complexity index is 379. The highest BCUT2D eigenvalue weighted by atomic mass is 32.1. The van der Waals surface area contributed by atoms with Crippen LogP contribution < -0.4 is 0 Å². The zero-order chi connectivity index (χ0) is 12.8. The highest BCUT2D eigenvalue weighted by Crippen LogP contribution is 2.18. The number of rotatable bonds is 7. The molecule has 1 aromatic heterocycles. The average Bonchev–Trinajstić information content (AvgIpc) is 2.53. The molecule has 0 aliphatic heterocycles. The second-order valence-electron chi connectivity index (χ2n) is 3.84. The number of thiazole rings is 1. The lowest BCUT2D eigenvalue weighted by molar-refractivity contribution is -0.138. The average molecular weight is 258 g/mol. The molecule has 0 radical (unpaired) electrons. The third-order valence-corrected chi connectivity index (χ3v) is 3.39. The molecule has 0 fully saturated rings. The zero-order valence-corrected chi connectivity index (χ0v) is 11.2. The number of aryl methyl sites for hydroxylation is 2. The molecule has 0 bridgehead atoms. The van der Waals surface area contributed by atoms with Crippen molar-refractivity contribution in [2.24, 2.45) is 0 Å². The third-order valence-electron chi connectivity index (χ3n) is 2.34. The first-order valence-electron chi connectivity index (χ1n) is 5.39. The van der Waals surface area contributed by atoms with Crippen LogP contribution in [0.25, 0.3) is 0 Å². The summed E-state index contributed by atoms with van der Waals surface area (Å²) in [5.74, 6) is -0.819. The number of carbonyl (C=O) groups is 1. The number of hydrogen-bond acceptors (Lipinski definition) is 5. The van der Waals surface area contributed by atoms with Crippen molar-refractivity contribution in [2.45, 2.75) is 20.4 Å². The minimum atomic E-state index is -0.819. The Balaban J connectivity index is 2.64. The quantitative estimate of drug-likeness (QED) is 0.798. The van der Waals surface area contributed by atoms with Gasteiger partial charge in [0.25, 0.3) is 0 Å². The molecule has 1 heterocycles. The minimum Gasteiger partial charge on any atom is -0.480 e. The van der Waals surface area contributed by atoms with Gasteiger partial charge in [-0.1, -0.05) is 0 Å². The van der Waals surface area contributed by atoms with Crippen molar-refractivity contribution in [3.63, 3.8) is 0 Å². The van der Waals surface area contributed by atoms with Crippen LogP contribution in [0.1, 0.15) is 15.6 Å². The molecule has 0 unspecified atom stereocenters. The molecule has 1 N–H and O–H groups in total. The first kappa shape index (κ1) is 14.1. The minimum absolute atomic E-state index is 0.0275. The molecular formula is C11H18N2O3S. The Morgan fingerprint density at radius 2 is 2.24 bits per heavy atom. The van der Waals surface area contributed by atoms with Gasteiger partial charge in [-0.25, -0.2) is 4.98 Å². The standard InChI is InChI=1S/C11H18N2O3S/c1-8-10(17-9(2)12-8)6-13(4-5-16-3)7-11(14)15/h4-7H2,1-3H3,(H,14,15). The molecule has 0 saturated heterocycles. The molecule has 0 aliphatic rings. The summed E-state index contributed by atoms with van der Waals surface area (Å²) in [5, 5.41) is 9.85. The van der Waals surface area contributed by atoms with Crippen LogP contribution in [0.5, 0.6) is 0 Å². The van der Waals surface area contributed by atoms with Crippen LogP contribution in [0.2, 0.25) is 0 Å². The van der Waals surface area contributed by atoms with E-state index in [0.717, 1.165) is 15.6 Å². The van der Waals surface area contributed by atoms with Crippen molar-refractivity contribution in [1.82, 2.24) is 9.88 Å². The van der Waals surface area contributed by atoms with Crippen LogP contribution in [0, 0.1) is 13.8 Å². The lowest BCUT2D eigenvalue weighted by Gasteiger charge is -2.18. The van der Waals surface area contributed by atoms with Crippen LogP contribution in [0.4, 0.5) is 0 Å². The first-order chi connectivity index (χ1) is 8.02. The normalized spacial score (nSPS) is 11.1. The summed E-state index contributed by atoms with van der Waals surface area (Å²) in [4.78, 5) is 18.1. The number of methoxy groups -OCH3 is 1. The molecule has 6 heteroatoms. The van der Waals surface area contributed by atoms with Crippen molar-refractivity contribution >= 4 is 17.3 Å². The van der Waals surface area contributed by atoms with E-state index in [9.17, 15) is 4.79 Å². The number of ether oxygens (including phenoxy) is 1. The fraction of sp³-hybridized carbons (Fsp3) is 0.636. The highest BCUT2D eigenvalue weighted by Gasteiger charge is 2.13. The van der Waals surface area contributed by atoms with Gasteiger partial charge in [-0.15, -0.1) is 11.3 Å². The summed E-state index contributed by atoms with van der Waals surface area (Å²) in [6.45, 7) is 5.70. The predicted molar refractivity (Wildman–Crippen MR) is 66.4 cm³/mol. The molecule has 1 rings (SSSR count). The number of carboxylic acids is 1. The van der Waals surface area contributed by atoms with Gasteiger partial charge in [0.15, 0.2) is 0 Å². The molecule has 0 saturated carbocycles. The van der Waals surface area contributed by atoms with Gasteiger partial charge in [0.05, 0.1) is 23.9 Å². The topological polar surface area (TPSA) is 62.7 Å². The molecule has 1 aromatic rings. The van der Waals surface area contributed by atoms with Gasteiger partial charge in [0.2, 0.25) is 0 Å². The molecule has 0 aliphatic carbocycles. The molecular weight excluding hydrogens is 240 g/mol. The maximum Gasteiger partial charge on any atom is 0.317 e. The SMILES string of the molecule is COCCN(CC(=O)O)Cc1sc(C)nc1C. The van der Waals surface area contributed by atoms with Gasteiger partial charge in [0, 0.05) is 25.1 Å². The van der Waals surface area contributed by atoms with Gasteiger partial charge in [0.1, 0.15) is 0 Å². The molecule has 5 nitrogen and oxygen atoms in total. The largest absolute Gasteiger partial charge is 0.480 e. The van der Waals surface area contributed by atoms with E-state index >= 15 is 0 Å². The van der Waals surface area contributed by atoms with Crippen LogP contribution in [0.15, 0.2) is 0 Å². The maximum atomic E-state index is 10.8. The van der Waals surface area contributed by atoms with Crippen molar-refractivity contribution in [3.8, 4) is 0 Å². The molecule has 96 valence electrons. The predicted octanol–water partition coefficient (Wildman–Crippen LogP) is 1.29. The Labute approximate surface area is 105 Å². The number of nitrogens with zero attached hydrogens (tertiary/aromatic N) is 2. The molecule has 0 aromatic carbocycles. The van der Waals surface area contributed by atoms with Crippen molar-refractivity contribution < 1.29 is 14.6 Å². The van der Waals surface area contributed by atoms with Gasteiger partial charge in [-0.2, -0.15) is 0 Å². The Kier molecular flexibility index (Phi) is 5.54. The van der Waals surface area contributed by atoms with Crippen LogP contribution in [-0.2, 0) is 16.1 Å². The van der Waals surface area contributed by atoms with E-state index in [1.807, 2.05) is 18.7 Å². The summed E-state index contributed by atoms with van der Waals surface area (Å²) in [7, 11) is 1.61. The van der Waals surface area contributed by atoms with Gasteiger partial charge in [-0.05, 0) is 13.8 Å². The molecule has 0 amide bonds.